The van der Waals surface area contributed by atoms with Crippen LogP contribution in [0, 0.1) is 5.92 Å². The number of likely N-dealkylation sites (tertiary alicyclic amines) is 1. The first-order valence-electron chi connectivity index (χ1n) is 8.66. The van der Waals surface area contributed by atoms with E-state index in [0.717, 1.165) is 15.6 Å². The van der Waals surface area contributed by atoms with Gasteiger partial charge in [0.1, 0.15) is 12.4 Å². The molecule has 0 amide bonds. The molecule has 3 rings (SSSR count). The second-order valence-electron chi connectivity index (χ2n) is 6.62. The van der Waals surface area contributed by atoms with Crippen LogP contribution in [0.5, 0.6) is 5.75 Å². The first-order chi connectivity index (χ1) is 12.4. The Morgan fingerprint density at radius 1 is 1.08 bits per heavy atom. The molecule has 26 heavy (non-hydrogen) atoms. The largest absolute Gasteiger partial charge is 0.488 e. The average Bonchev–Trinajstić information content (AvgIpc) is 2.63. The van der Waals surface area contributed by atoms with Crippen LogP contribution in [-0.4, -0.2) is 24.2 Å². The Kier molecular flexibility index (Phi) is 6.24. The summed E-state index contributed by atoms with van der Waals surface area (Å²) < 4.78 is 45.7. The highest BCUT2D eigenvalue weighted by Gasteiger charge is 2.41. The van der Waals surface area contributed by atoms with E-state index >= 15 is 0 Å². The van der Waals surface area contributed by atoms with Crippen molar-refractivity contribution in [1.29, 1.82) is 0 Å². The number of halogens is 4. The van der Waals surface area contributed by atoms with Crippen LogP contribution >= 0.6 is 15.9 Å². The molecule has 1 aliphatic rings. The third-order valence-corrected chi connectivity index (χ3v) is 5.54. The Balaban J connectivity index is 1.65. The minimum absolute atomic E-state index is 0.0606. The van der Waals surface area contributed by atoms with Gasteiger partial charge in [0.05, 0.1) is 10.4 Å². The maximum atomic E-state index is 13.0. The Bertz CT molecular complexity index is 721. The summed E-state index contributed by atoms with van der Waals surface area (Å²) in [5.41, 5.74) is 2.01. The van der Waals surface area contributed by atoms with Gasteiger partial charge in [0.25, 0.3) is 0 Å². The maximum Gasteiger partial charge on any atom is 0.393 e. The quantitative estimate of drug-likeness (QED) is 0.597. The standard InChI is InChI=1S/C20H21BrF3NO/c21-19-16(12-25-11-5-9-17(13-25)20(22,23)24)8-4-10-18(19)26-14-15-6-2-1-3-7-15/h1-4,6-8,10,17H,5,9,11-14H2. The second-order valence-corrected chi connectivity index (χ2v) is 7.41. The summed E-state index contributed by atoms with van der Waals surface area (Å²) in [6, 6.07) is 15.5. The highest BCUT2D eigenvalue weighted by atomic mass is 79.9. The number of alkyl halides is 3. The summed E-state index contributed by atoms with van der Waals surface area (Å²) in [6.07, 6.45) is -3.32. The number of nitrogens with zero attached hydrogens (tertiary/aromatic N) is 1. The molecule has 1 saturated heterocycles. The molecule has 1 unspecified atom stereocenters. The first kappa shape index (κ1) is 19.2. The molecule has 2 aromatic rings. The molecular weight excluding hydrogens is 407 g/mol. The molecule has 2 aromatic carbocycles. The van der Waals surface area contributed by atoms with Gasteiger partial charge in [-0.1, -0.05) is 42.5 Å². The summed E-state index contributed by atoms with van der Waals surface area (Å²) in [5.74, 6) is -0.525. The summed E-state index contributed by atoms with van der Waals surface area (Å²) in [6.45, 7) is 1.68. The molecule has 1 aliphatic heterocycles. The van der Waals surface area contributed by atoms with Gasteiger partial charge in [-0.05, 0) is 52.5 Å². The van der Waals surface area contributed by atoms with E-state index < -0.39 is 12.1 Å². The number of benzene rings is 2. The molecule has 1 fully saturated rings. The normalized spacial score (nSPS) is 18.7. The molecule has 0 aromatic heterocycles. The van der Waals surface area contributed by atoms with Gasteiger partial charge >= 0.3 is 6.18 Å². The predicted octanol–water partition coefficient (Wildman–Crippen LogP) is 5.80. The van der Waals surface area contributed by atoms with Gasteiger partial charge in [-0.3, -0.25) is 4.90 Å². The van der Waals surface area contributed by atoms with Crippen molar-refractivity contribution in [3.8, 4) is 5.75 Å². The van der Waals surface area contributed by atoms with E-state index in [9.17, 15) is 13.2 Å². The zero-order valence-electron chi connectivity index (χ0n) is 14.3. The van der Waals surface area contributed by atoms with Crippen molar-refractivity contribution < 1.29 is 17.9 Å². The van der Waals surface area contributed by atoms with Crippen LogP contribution < -0.4 is 4.74 Å². The highest BCUT2D eigenvalue weighted by molar-refractivity contribution is 9.10. The Morgan fingerprint density at radius 3 is 2.58 bits per heavy atom. The average molecular weight is 428 g/mol. The monoisotopic (exact) mass is 427 g/mol. The van der Waals surface area contributed by atoms with Gasteiger partial charge in [0, 0.05) is 13.1 Å². The number of ether oxygens (including phenoxy) is 1. The van der Waals surface area contributed by atoms with Crippen molar-refractivity contribution in [2.24, 2.45) is 5.92 Å². The molecule has 0 saturated carbocycles. The molecule has 1 atom stereocenters. The fourth-order valence-corrected chi connectivity index (χ4v) is 3.74. The molecule has 0 spiro atoms. The third kappa shape index (κ3) is 5.01. The van der Waals surface area contributed by atoms with E-state index in [0.29, 0.717) is 31.9 Å². The van der Waals surface area contributed by atoms with Crippen molar-refractivity contribution in [3.63, 3.8) is 0 Å². The van der Waals surface area contributed by atoms with Crippen LogP contribution in [0.2, 0.25) is 0 Å². The summed E-state index contributed by atoms with van der Waals surface area (Å²) in [7, 11) is 0. The number of rotatable bonds is 5. The molecule has 0 aliphatic carbocycles. The van der Waals surface area contributed by atoms with Crippen molar-refractivity contribution >= 4 is 15.9 Å². The van der Waals surface area contributed by atoms with Crippen LogP contribution in [0.1, 0.15) is 24.0 Å². The molecule has 0 bridgehead atoms. The second kappa shape index (κ2) is 8.44. The van der Waals surface area contributed by atoms with Crippen LogP contribution in [0.25, 0.3) is 0 Å². The van der Waals surface area contributed by atoms with Gasteiger partial charge in [-0.2, -0.15) is 13.2 Å². The Morgan fingerprint density at radius 2 is 1.85 bits per heavy atom. The lowest BCUT2D eigenvalue weighted by atomic mass is 9.97. The van der Waals surface area contributed by atoms with E-state index in [4.69, 9.17) is 4.74 Å². The summed E-state index contributed by atoms with van der Waals surface area (Å²) >= 11 is 3.56. The molecule has 1 heterocycles. The van der Waals surface area contributed by atoms with Crippen molar-refractivity contribution in [3.05, 3.63) is 64.1 Å². The van der Waals surface area contributed by atoms with E-state index in [1.165, 1.54) is 0 Å². The first-order valence-corrected chi connectivity index (χ1v) is 9.46. The van der Waals surface area contributed by atoms with E-state index in [-0.39, 0.29) is 13.0 Å². The summed E-state index contributed by atoms with van der Waals surface area (Å²) in [5, 5.41) is 0. The van der Waals surface area contributed by atoms with Gasteiger partial charge in [-0.25, -0.2) is 0 Å². The molecular formula is C20H21BrF3NO. The van der Waals surface area contributed by atoms with Crippen LogP contribution in [0.3, 0.4) is 0 Å². The minimum atomic E-state index is -4.11. The molecule has 140 valence electrons. The van der Waals surface area contributed by atoms with Gasteiger partial charge in [-0.15, -0.1) is 0 Å². The van der Waals surface area contributed by atoms with Gasteiger partial charge < -0.3 is 4.74 Å². The lowest BCUT2D eigenvalue weighted by molar-refractivity contribution is -0.187. The lowest BCUT2D eigenvalue weighted by Crippen LogP contribution is -2.41. The SMILES string of the molecule is FC(F)(F)C1CCCN(Cc2cccc(OCc3ccccc3)c2Br)C1. The third-order valence-electron chi connectivity index (χ3n) is 4.64. The van der Waals surface area contributed by atoms with E-state index in [1.807, 2.05) is 53.4 Å². The smallest absolute Gasteiger partial charge is 0.393 e. The number of hydrogen-bond donors (Lipinski definition) is 0. The van der Waals surface area contributed by atoms with Crippen LogP contribution in [0.4, 0.5) is 13.2 Å². The van der Waals surface area contributed by atoms with Crippen molar-refractivity contribution in [1.82, 2.24) is 4.90 Å². The lowest BCUT2D eigenvalue weighted by Gasteiger charge is -2.34. The zero-order chi connectivity index (χ0) is 18.6. The topological polar surface area (TPSA) is 12.5 Å². The van der Waals surface area contributed by atoms with E-state index in [1.54, 1.807) is 0 Å². The van der Waals surface area contributed by atoms with Gasteiger partial charge in [0.15, 0.2) is 0 Å². The zero-order valence-corrected chi connectivity index (χ0v) is 15.9. The number of hydrogen-bond acceptors (Lipinski definition) is 2. The predicted molar refractivity (Wildman–Crippen MR) is 99.0 cm³/mol. The fraction of sp³-hybridized carbons (Fsp3) is 0.400. The van der Waals surface area contributed by atoms with Gasteiger partial charge in [0.2, 0.25) is 0 Å². The molecule has 2 nitrogen and oxygen atoms in total. The van der Waals surface area contributed by atoms with E-state index in [2.05, 4.69) is 15.9 Å². The van der Waals surface area contributed by atoms with Crippen LogP contribution in [-0.2, 0) is 13.2 Å². The maximum absolute atomic E-state index is 13.0. The Labute approximate surface area is 160 Å². The molecule has 0 N–H and O–H groups in total. The fourth-order valence-electron chi connectivity index (χ4n) is 3.23. The minimum Gasteiger partial charge on any atom is -0.488 e. The molecule has 6 heteroatoms. The number of piperidine rings is 1. The van der Waals surface area contributed by atoms with Crippen molar-refractivity contribution in [2.75, 3.05) is 13.1 Å². The summed E-state index contributed by atoms with van der Waals surface area (Å²) in [4.78, 5) is 1.88. The van der Waals surface area contributed by atoms with Crippen molar-refractivity contribution in [2.45, 2.75) is 32.2 Å². The van der Waals surface area contributed by atoms with Crippen LogP contribution in [0.15, 0.2) is 53.0 Å². The highest BCUT2D eigenvalue weighted by Crippen LogP contribution is 2.35. The Hall–Kier alpha value is -1.53. The molecule has 0 radical (unpaired) electrons.